The van der Waals surface area contributed by atoms with Gasteiger partial charge in [0.05, 0.1) is 23.6 Å². The van der Waals surface area contributed by atoms with Crippen LogP contribution >= 0.6 is 23.1 Å². The number of aryl methyl sites for hydroxylation is 2. The minimum atomic E-state index is -0.393. The number of rotatable bonds is 7. The summed E-state index contributed by atoms with van der Waals surface area (Å²) in [5.41, 5.74) is 3.57. The van der Waals surface area contributed by atoms with Crippen molar-refractivity contribution in [2.75, 3.05) is 17.6 Å². The second-order valence-electron chi connectivity index (χ2n) is 8.99. The van der Waals surface area contributed by atoms with Gasteiger partial charge < -0.3 is 10.1 Å². The molecule has 2 aromatic heterocycles. The van der Waals surface area contributed by atoms with E-state index >= 15 is 0 Å². The first-order valence-electron chi connectivity index (χ1n) is 12.1. The number of thioether (sulfide) groups is 1. The first-order chi connectivity index (χ1) is 17.2. The number of aliphatic imine (C=N–C) groups is 1. The van der Waals surface area contributed by atoms with E-state index in [-0.39, 0.29) is 23.7 Å². The minimum Gasteiger partial charge on any atom is -0.459 e. The number of ether oxygens (including phenoxy) is 1. The van der Waals surface area contributed by atoms with Gasteiger partial charge in [-0.2, -0.15) is 5.10 Å². The lowest BCUT2D eigenvalue weighted by atomic mass is 9.95. The van der Waals surface area contributed by atoms with Crippen LogP contribution in [0.25, 0.3) is 6.08 Å². The molecule has 2 aromatic rings. The monoisotopic (exact) mass is 529 g/mol. The van der Waals surface area contributed by atoms with Gasteiger partial charge >= 0.3 is 5.97 Å². The molecule has 36 heavy (non-hydrogen) atoms. The number of carbonyl (C=O) groups is 3. The summed E-state index contributed by atoms with van der Waals surface area (Å²) in [6.07, 6.45) is 6.99. The molecule has 0 fully saturated rings. The van der Waals surface area contributed by atoms with Gasteiger partial charge in [-0.3, -0.25) is 19.2 Å². The highest BCUT2D eigenvalue weighted by atomic mass is 32.2. The Labute approximate surface area is 219 Å². The molecule has 4 rings (SSSR count). The standard InChI is InChI=1S/C25H31N5O4S2/c1-6-30-23(32)18(11-16-12-26-29(5)15(16)4)27-25(30)35-13-20(31)28-22-21(24(33)34-14(2)3)17-9-7-8-10-19(17)36-22/h11-12,14H,6-10,13H2,1-5H3,(H,28,31). The molecule has 3 heterocycles. The van der Waals surface area contributed by atoms with Gasteiger partial charge in [0.15, 0.2) is 5.17 Å². The largest absolute Gasteiger partial charge is 0.459 e. The summed E-state index contributed by atoms with van der Waals surface area (Å²) in [6.45, 7) is 7.86. The Hall–Kier alpha value is -2.92. The van der Waals surface area contributed by atoms with Crippen LogP contribution in [0.15, 0.2) is 16.9 Å². The normalized spacial score (nSPS) is 16.5. The van der Waals surface area contributed by atoms with E-state index < -0.39 is 5.97 Å². The van der Waals surface area contributed by atoms with Gasteiger partial charge in [-0.05, 0) is 65.0 Å². The molecule has 2 aliphatic rings. The summed E-state index contributed by atoms with van der Waals surface area (Å²) >= 11 is 2.66. The zero-order valence-corrected chi connectivity index (χ0v) is 22.8. The van der Waals surface area contributed by atoms with E-state index in [0.29, 0.717) is 28.0 Å². The lowest BCUT2D eigenvalue weighted by Gasteiger charge is -2.15. The Morgan fingerprint density at radius 3 is 2.72 bits per heavy atom. The highest BCUT2D eigenvalue weighted by molar-refractivity contribution is 8.14. The molecule has 11 heteroatoms. The van der Waals surface area contributed by atoms with Gasteiger partial charge in [-0.25, -0.2) is 9.79 Å². The third kappa shape index (κ3) is 5.41. The summed E-state index contributed by atoms with van der Waals surface area (Å²) in [4.78, 5) is 45.8. The van der Waals surface area contributed by atoms with Crippen molar-refractivity contribution >= 4 is 57.1 Å². The fourth-order valence-corrected chi connectivity index (χ4v) is 6.32. The molecule has 0 saturated heterocycles. The quantitative estimate of drug-likeness (QED) is 0.426. The second-order valence-corrected chi connectivity index (χ2v) is 11.0. The van der Waals surface area contributed by atoms with Gasteiger partial charge in [0.1, 0.15) is 10.7 Å². The molecule has 1 aliphatic heterocycles. The average molecular weight is 530 g/mol. The number of hydrogen-bond acceptors (Lipinski definition) is 8. The predicted octanol–water partition coefficient (Wildman–Crippen LogP) is 4.16. The fourth-order valence-electron chi connectivity index (χ4n) is 4.16. The maximum atomic E-state index is 12.9. The van der Waals surface area contributed by atoms with Gasteiger partial charge in [0, 0.05) is 29.7 Å². The van der Waals surface area contributed by atoms with Crippen LogP contribution in [-0.4, -0.2) is 56.0 Å². The number of anilines is 1. The van der Waals surface area contributed by atoms with E-state index in [9.17, 15) is 14.4 Å². The van der Waals surface area contributed by atoms with Crippen LogP contribution in [0.1, 0.15) is 65.7 Å². The zero-order chi connectivity index (χ0) is 26.0. The molecule has 0 aromatic carbocycles. The van der Waals surface area contributed by atoms with Crippen molar-refractivity contribution in [2.24, 2.45) is 12.0 Å². The summed E-state index contributed by atoms with van der Waals surface area (Å²) in [6, 6.07) is 0. The third-order valence-corrected chi connectivity index (χ3v) is 8.28. The molecule has 0 radical (unpaired) electrons. The highest BCUT2D eigenvalue weighted by Crippen LogP contribution is 2.39. The maximum absolute atomic E-state index is 12.9. The van der Waals surface area contributed by atoms with E-state index in [0.717, 1.165) is 47.4 Å². The number of carbonyl (C=O) groups excluding carboxylic acids is 3. The SMILES string of the molecule is CCN1C(=O)C(=Cc2cnn(C)c2C)N=C1SCC(=O)Nc1sc2c(c1C(=O)OC(C)C)CCCC2. The predicted molar refractivity (Wildman–Crippen MR) is 143 cm³/mol. The van der Waals surface area contributed by atoms with Crippen LogP contribution in [0, 0.1) is 6.92 Å². The number of thiophene rings is 1. The molecule has 0 spiro atoms. The second kappa shape index (κ2) is 11.0. The number of amidine groups is 1. The first-order valence-corrected chi connectivity index (χ1v) is 13.9. The van der Waals surface area contributed by atoms with Crippen LogP contribution in [0.2, 0.25) is 0 Å². The van der Waals surface area contributed by atoms with Gasteiger partial charge in [0.25, 0.3) is 5.91 Å². The molecule has 0 unspecified atom stereocenters. The molecular weight excluding hydrogens is 498 g/mol. The van der Waals surface area contributed by atoms with Crippen LogP contribution in [0.4, 0.5) is 5.00 Å². The molecule has 2 amide bonds. The van der Waals surface area contributed by atoms with E-state index in [1.807, 2.05) is 34.7 Å². The summed E-state index contributed by atoms with van der Waals surface area (Å²) < 4.78 is 7.21. The lowest BCUT2D eigenvalue weighted by Crippen LogP contribution is -2.31. The molecule has 0 saturated carbocycles. The number of fused-ring (bicyclic) bond motifs is 1. The summed E-state index contributed by atoms with van der Waals surface area (Å²) in [5, 5.41) is 8.16. The van der Waals surface area contributed by atoms with Crippen molar-refractivity contribution in [1.29, 1.82) is 0 Å². The van der Waals surface area contributed by atoms with Crippen molar-refractivity contribution in [3.8, 4) is 0 Å². The number of aromatic nitrogens is 2. The molecule has 192 valence electrons. The van der Waals surface area contributed by atoms with Crippen molar-refractivity contribution in [2.45, 2.75) is 59.5 Å². The molecule has 1 aliphatic carbocycles. The Bertz CT molecular complexity index is 1260. The number of nitrogens with one attached hydrogen (secondary N) is 1. The molecule has 0 atom stereocenters. The van der Waals surface area contributed by atoms with Gasteiger partial charge in [0.2, 0.25) is 5.91 Å². The highest BCUT2D eigenvalue weighted by Gasteiger charge is 2.31. The number of nitrogens with zero attached hydrogens (tertiary/aromatic N) is 4. The van der Waals surface area contributed by atoms with Crippen LogP contribution in [0.5, 0.6) is 0 Å². The zero-order valence-electron chi connectivity index (χ0n) is 21.2. The topological polar surface area (TPSA) is 106 Å². The number of likely N-dealkylation sites (N-methyl/N-ethyl adjacent to an activating group) is 1. The first kappa shape index (κ1) is 26.2. The Morgan fingerprint density at radius 1 is 1.31 bits per heavy atom. The molecule has 9 nitrogen and oxygen atoms in total. The van der Waals surface area contributed by atoms with E-state index in [2.05, 4.69) is 15.4 Å². The summed E-state index contributed by atoms with van der Waals surface area (Å²) in [5.74, 6) is -0.795. The van der Waals surface area contributed by atoms with Crippen molar-refractivity contribution in [1.82, 2.24) is 14.7 Å². The smallest absolute Gasteiger partial charge is 0.341 e. The van der Waals surface area contributed by atoms with Gasteiger partial charge in [-0.1, -0.05) is 11.8 Å². The fraction of sp³-hybridized carbons (Fsp3) is 0.480. The lowest BCUT2D eigenvalue weighted by molar-refractivity contribution is -0.122. The Balaban J connectivity index is 1.49. The molecule has 1 N–H and O–H groups in total. The van der Waals surface area contributed by atoms with Crippen molar-refractivity contribution in [3.05, 3.63) is 39.2 Å². The minimum absolute atomic E-state index is 0.0586. The van der Waals surface area contributed by atoms with Crippen molar-refractivity contribution < 1.29 is 19.1 Å². The summed E-state index contributed by atoms with van der Waals surface area (Å²) in [7, 11) is 1.84. The number of amides is 2. The Kier molecular flexibility index (Phi) is 7.99. The maximum Gasteiger partial charge on any atom is 0.341 e. The van der Waals surface area contributed by atoms with E-state index in [4.69, 9.17) is 4.74 Å². The average Bonchev–Trinajstić information content (AvgIpc) is 3.45. The third-order valence-electron chi connectivity index (χ3n) is 6.10. The van der Waals surface area contributed by atoms with E-state index in [1.54, 1.807) is 21.9 Å². The number of hydrogen-bond donors (Lipinski definition) is 1. The van der Waals surface area contributed by atoms with Crippen LogP contribution < -0.4 is 5.32 Å². The van der Waals surface area contributed by atoms with E-state index in [1.165, 1.54) is 23.1 Å². The van der Waals surface area contributed by atoms with Crippen LogP contribution in [0.3, 0.4) is 0 Å². The Morgan fingerprint density at radius 2 is 2.06 bits per heavy atom. The van der Waals surface area contributed by atoms with Crippen molar-refractivity contribution in [3.63, 3.8) is 0 Å². The number of esters is 1. The van der Waals surface area contributed by atoms with Gasteiger partial charge in [-0.15, -0.1) is 11.3 Å². The molecular formula is C25H31N5O4S2. The molecule has 0 bridgehead atoms. The van der Waals surface area contributed by atoms with Crippen LogP contribution in [-0.2, 0) is 34.2 Å².